The van der Waals surface area contributed by atoms with Crippen LogP contribution in [-0.4, -0.2) is 38.5 Å². The molecule has 0 saturated carbocycles. The topological polar surface area (TPSA) is 122 Å². The van der Waals surface area contributed by atoms with Gasteiger partial charge in [0.1, 0.15) is 11.6 Å². The summed E-state index contributed by atoms with van der Waals surface area (Å²) in [6.45, 7) is 9.31. The van der Waals surface area contributed by atoms with Crippen LogP contribution in [0.25, 0.3) is 10.9 Å². The van der Waals surface area contributed by atoms with Crippen LogP contribution in [0.2, 0.25) is 0 Å². The van der Waals surface area contributed by atoms with E-state index in [0.29, 0.717) is 6.42 Å². The van der Waals surface area contributed by atoms with E-state index in [-0.39, 0.29) is 22.8 Å². The molecule has 0 aliphatic carbocycles. The molecule has 2 heterocycles. The van der Waals surface area contributed by atoms with E-state index in [4.69, 9.17) is 9.15 Å². The maximum absolute atomic E-state index is 12.6. The molecule has 0 aliphatic rings. The summed E-state index contributed by atoms with van der Waals surface area (Å²) < 4.78 is 11.3. The Morgan fingerprint density at radius 2 is 1.92 bits per heavy atom. The van der Waals surface area contributed by atoms with Crippen LogP contribution in [0.15, 0.2) is 58.3 Å². The molecule has 4 rings (SSSR count). The van der Waals surface area contributed by atoms with Crippen LogP contribution in [0.4, 0.5) is 10.5 Å². The van der Waals surface area contributed by atoms with Crippen molar-refractivity contribution in [1.29, 1.82) is 0 Å². The van der Waals surface area contributed by atoms with Gasteiger partial charge in [-0.05, 0) is 63.4 Å². The van der Waals surface area contributed by atoms with Crippen molar-refractivity contribution < 1.29 is 18.7 Å². The van der Waals surface area contributed by atoms with E-state index in [1.165, 1.54) is 0 Å². The van der Waals surface area contributed by atoms with Gasteiger partial charge in [-0.2, -0.15) is 0 Å². The SMILES string of the molecule is Cc1ccc(C)c(NC(=O)CSc2nnc([C@@H](Cc3c[nH]c4ccccc34)NC(=O)OC(C)(C)C)o2)c1. The van der Waals surface area contributed by atoms with Gasteiger partial charge in [0.05, 0.1) is 5.75 Å². The van der Waals surface area contributed by atoms with Gasteiger partial charge >= 0.3 is 6.09 Å². The number of nitrogens with zero attached hydrogens (tertiary/aromatic N) is 2. The maximum atomic E-state index is 12.6. The number of amides is 2. The van der Waals surface area contributed by atoms with Crippen molar-refractivity contribution in [3.63, 3.8) is 0 Å². The number of anilines is 1. The number of ether oxygens (including phenoxy) is 1. The summed E-state index contributed by atoms with van der Waals surface area (Å²) in [7, 11) is 0. The molecule has 37 heavy (non-hydrogen) atoms. The van der Waals surface area contributed by atoms with Crippen molar-refractivity contribution in [2.45, 2.75) is 57.9 Å². The first-order valence-electron chi connectivity index (χ1n) is 12.0. The molecule has 1 atom stereocenters. The number of benzene rings is 2. The number of hydrogen-bond acceptors (Lipinski definition) is 7. The van der Waals surface area contributed by atoms with Crippen molar-refractivity contribution >= 4 is 40.4 Å². The third-order valence-corrected chi connectivity index (χ3v) is 6.32. The first kappa shape index (κ1) is 26.3. The highest BCUT2D eigenvalue weighted by Crippen LogP contribution is 2.27. The largest absolute Gasteiger partial charge is 0.444 e. The number of H-pyrrole nitrogens is 1. The monoisotopic (exact) mass is 521 g/mol. The van der Waals surface area contributed by atoms with Gasteiger partial charge in [0, 0.05) is 29.2 Å². The van der Waals surface area contributed by atoms with Gasteiger partial charge in [0.2, 0.25) is 11.8 Å². The lowest BCUT2D eigenvalue weighted by Crippen LogP contribution is -2.36. The number of alkyl carbamates (subject to hydrolysis) is 1. The van der Waals surface area contributed by atoms with Crippen LogP contribution in [0.5, 0.6) is 0 Å². The van der Waals surface area contributed by atoms with E-state index in [1.807, 2.05) is 62.5 Å². The van der Waals surface area contributed by atoms with Gasteiger partial charge < -0.3 is 24.8 Å². The normalized spacial score (nSPS) is 12.4. The molecule has 0 bridgehead atoms. The maximum Gasteiger partial charge on any atom is 0.408 e. The molecule has 9 nitrogen and oxygen atoms in total. The summed E-state index contributed by atoms with van der Waals surface area (Å²) in [5.41, 5.74) is 4.14. The highest BCUT2D eigenvalue weighted by Gasteiger charge is 2.26. The Morgan fingerprint density at radius 1 is 1.14 bits per heavy atom. The second kappa shape index (κ2) is 11.1. The minimum atomic E-state index is -0.658. The number of carbonyl (C=O) groups excluding carboxylic acids is 2. The van der Waals surface area contributed by atoms with Crippen LogP contribution in [0, 0.1) is 13.8 Å². The average Bonchev–Trinajstić information content (AvgIpc) is 3.46. The van der Waals surface area contributed by atoms with E-state index in [9.17, 15) is 9.59 Å². The minimum absolute atomic E-state index is 0.0988. The number of aryl methyl sites for hydroxylation is 2. The van der Waals surface area contributed by atoms with Crippen molar-refractivity contribution in [2.24, 2.45) is 0 Å². The fraction of sp³-hybridized carbons (Fsp3) is 0.333. The molecular formula is C27H31N5O4S. The van der Waals surface area contributed by atoms with E-state index in [2.05, 4.69) is 25.8 Å². The number of carbonyl (C=O) groups is 2. The van der Waals surface area contributed by atoms with Gasteiger partial charge in [-0.25, -0.2) is 4.79 Å². The Bertz CT molecular complexity index is 1410. The molecule has 0 spiro atoms. The minimum Gasteiger partial charge on any atom is -0.444 e. The molecule has 2 amide bonds. The number of aromatic nitrogens is 3. The van der Waals surface area contributed by atoms with Crippen molar-refractivity contribution in [3.05, 3.63) is 71.2 Å². The highest BCUT2D eigenvalue weighted by atomic mass is 32.2. The van der Waals surface area contributed by atoms with Gasteiger partial charge in [-0.3, -0.25) is 4.79 Å². The van der Waals surface area contributed by atoms with E-state index in [1.54, 1.807) is 20.8 Å². The number of aromatic amines is 1. The van der Waals surface area contributed by atoms with Gasteiger partial charge in [0.15, 0.2) is 0 Å². The van der Waals surface area contributed by atoms with Crippen LogP contribution in [0.1, 0.15) is 49.4 Å². The molecule has 194 valence electrons. The molecule has 0 unspecified atom stereocenters. The second-order valence-electron chi connectivity index (χ2n) is 9.82. The molecule has 2 aromatic heterocycles. The summed E-state index contributed by atoms with van der Waals surface area (Å²) in [4.78, 5) is 28.3. The predicted molar refractivity (Wildman–Crippen MR) is 144 cm³/mol. The average molecular weight is 522 g/mol. The summed E-state index contributed by atoms with van der Waals surface area (Å²) >= 11 is 1.13. The zero-order chi connectivity index (χ0) is 26.6. The van der Waals surface area contributed by atoms with Crippen LogP contribution < -0.4 is 10.6 Å². The summed E-state index contributed by atoms with van der Waals surface area (Å²) in [5.74, 6) is 0.149. The van der Waals surface area contributed by atoms with Gasteiger partial charge in [-0.15, -0.1) is 10.2 Å². The number of fused-ring (bicyclic) bond motifs is 1. The number of para-hydroxylation sites is 1. The van der Waals surface area contributed by atoms with Gasteiger partial charge in [-0.1, -0.05) is 42.1 Å². The second-order valence-corrected chi connectivity index (χ2v) is 10.8. The lowest BCUT2D eigenvalue weighted by molar-refractivity contribution is -0.113. The predicted octanol–water partition coefficient (Wildman–Crippen LogP) is 5.71. The van der Waals surface area contributed by atoms with Crippen LogP contribution >= 0.6 is 11.8 Å². The number of nitrogens with one attached hydrogen (secondary N) is 3. The van der Waals surface area contributed by atoms with Crippen molar-refractivity contribution in [1.82, 2.24) is 20.5 Å². The molecule has 4 aromatic rings. The Balaban J connectivity index is 1.46. The molecule has 0 fully saturated rings. The smallest absolute Gasteiger partial charge is 0.408 e. The van der Waals surface area contributed by atoms with Crippen molar-refractivity contribution in [2.75, 3.05) is 11.1 Å². The van der Waals surface area contributed by atoms with Gasteiger partial charge in [0.25, 0.3) is 5.22 Å². The molecule has 10 heteroatoms. The third-order valence-electron chi connectivity index (χ3n) is 5.50. The Hall–Kier alpha value is -3.79. The van der Waals surface area contributed by atoms with E-state index < -0.39 is 17.7 Å². The van der Waals surface area contributed by atoms with Crippen molar-refractivity contribution in [3.8, 4) is 0 Å². The molecule has 3 N–H and O–H groups in total. The fourth-order valence-corrected chi connectivity index (χ4v) is 4.34. The number of rotatable bonds is 8. The third kappa shape index (κ3) is 7.13. The number of thioether (sulfide) groups is 1. The summed E-state index contributed by atoms with van der Waals surface area (Å²) in [6, 6.07) is 13.2. The van der Waals surface area contributed by atoms with E-state index in [0.717, 1.165) is 45.0 Å². The summed E-state index contributed by atoms with van der Waals surface area (Å²) in [6.07, 6.45) is 1.72. The lowest BCUT2D eigenvalue weighted by Gasteiger charge is -2.22. The molecule has 0 aliphatic heterocycles. The first-order chi connectivity index (χ1) is 17.6. The molecule has 2 aromatic carbocycles. The molecule has 0 saturated heterocycles. The Kier molecular flexibility index (Phi) is 7.87. The zero-order valence-corrected chi connectivity index (χ0v) is 22.4. The fourth-order valence-electron chi connectivity index (χ4n) is 3.77. The first-order valence-corrected chi connectivity index (χ1v) is 12.9. The molecular weight excluding hydrogens is 490 g/mol. The Morgan fingerprint density at radius 3 is 2.70 bits per heavy atom. The molecule has 0 radical (unpaired) electrons. The van der Waals surface area contributed by atoms with Crippen LogP contribution in [0.3, 0.4) is 0 Å². The summed E-state index contributed by atoms with van der Waals surface area (Å²) in [5, 5.41) is 15.3. The standard InChI is InChI=1S/C27H31N5O4S/c1-16-10-11-17(2)21(12-16)29-23(33)15-37-26-32-31-24(35-26)22(30-25(34)36-27(3,4)5)13-18-14-28-20-9-7-6-8-19(18)20/h6-12,14,22,28H,13,15H2,1-5H3,(H,29,33)(H,30,34)/t22-/m1/s1. The quantitative estimate of drug-likeness (QED) is 0.254. The van der Waals surface area contributed by atoms with E-state index >= 15 is 0 Å². The van der Waals surface area contributed by atoms with Crippen LogP contribution in [-0.2, 0) is 16.0 Å². The lowest BCUT2D eigenvalue weighted by atomic mass is 10.1. The number of hydrogen-bond donors (Lipinski definition) is 3. The highest BCUT2D eigenvalue weighted by molar-refractivity contribution is 7.99. The Labute approximate surface area is 219 Å². The zero-order valence-electron chi connectivity index (χ0n) is 21.5.